The molecule has 1 atom stereocenters. The maximum Gasteiger partial charge on any atom is 0.337 e. The number of carboxylic acids is 3. The van der Waals surface area contributed by atoms with Crippen molar-refractivity contribution < 1.29 is 39.3 Å². The van der Waals surface area contributed by atoms with Gasteiger partial charge in [-0.2, -0.15) is 0 Å². The Balaban J connectivity index is 1.52. The number of thioether (sulfide) groups is 1. The molecular weight excluding hydrogens is 584 g/mol. The molecule has 0 spiro atoms. The van der Waals surface area contributed by atoms with Gasteiger partial charge in [-0.15, -0.1) is 11.8 Å². The summed E-state index contributed by atoms with van der Waals surface area (Å²) in [6.45, 7) is 0. The second-order valence-corrected chi connectivity index (χ2v) is 10.3. The number of rotatable bonds is 10. The fraction of sp³-hybridized carbons (Fsp3) is 0.0333. The molecule has 4 rings (SSSR count). The number of hydrogen-bond donors (Lipinski definition) is 5. The summed E-state index contributed by atoms with van der Waals surface area (Å²) in [6.07, 6.45) is 0. The zero-order valence-corrected chi connectivity index (χ0v) is 23.0. The van der Waals surface area contributed by atoms with Crippen molar-refractivity contribution in [3.05, 3.63) is 124 Å². The summed E-state index contributed by atoms with van der Waals surface area (Å²) >= 11 is 7.16. The lowest BCUT2D eigenvalue weighted by molar-refractivity contribution is -0.115. The van der Waals surface area contributed by atoms with Crippen LogP contribution in [0, 0.1) is 0 Å². The number of anilines is 2. The van der Waals surface area contributed by atoms with Crippen LogP contribution in [0.1, 0.15) is 52.2 Å². The third-order valence-corrected chi connectivity index (χ3v) is 7.51. The van der Waals surface area contributed by atoms with Gasteiger partial charge in [-0.25, -0.2) is 14.4 Å². The molecule has 0 aliphatic heterocycles. The lowest BCUT2D eigenvalue weighted by Gasteiger charge is -2.18. The Kier molecular flexibility index (Phi) is 9.25. The molecule has 12 heteroatoms. The first-order chi connectivity index (χ1) is 20.0. The Bertz CT molecular complexity index is 1690. The van der Waals surface area contributed by atoms with E-state index in [0.29, 0.717) is 16.1 Å². The van der Waals surface area contributed by atoms with Crippen LogP contribution in [0.4, 0.5) is 11.4 Å². The fourth-order valence-electron chi connectivity index (χ4n) is 3.88. The predicted molar refractivity (Wildman–Crippen MR) is 157 cm³/mol. The van der Waals surface area contributed by atoms with Crippen molar-refractivity contribution in [2.75, 3.05) is 10.6 Å². The lowest BCUT2D eigenvalue weighted by atomic mass is 10.0. The molecule has 42 heavy (non-hydrogen) atoms. The van der Waals surface area contributed by atoms with Crippen LogP contribution in [0.5, 0.6) is 0 Å². The maximum atomic E-state index is 13.4. The Labute approximate surface area is 248 Å². The van der Waals surface area contributed by atoms with Gasteiger partial charge in [0.2, 0.25) is 5.91 Å². The Hall–Kier alpha value is -5.13. The van der Waals surface area contributed by atoms with E-state index in [4.69, 9.17) is 16.7 Å². The molecule has 1 unspecified atom stereocenters. The van der Waals surface area contributed by atoms with Crippen LogP contribution in [-0.2, 0) is 4.79 Å². The second kappa shape index (κ2) is 13.0. The van der Waals surface area contributed by atoms with Gasteiger partial charge in [0.1, 0.15) is 5.25 Å². The number of aromatic carboxylic acids is 3. The van der Waals surface area contributed by atoms with E-state index >= 15 is 0 Å². The summed E-state index contributed by atoms with van der Waals surface area (Å²) in [4.78, 5) is 61.0. The van der Waals surface area contributed by atoms with Gasteiger partial charge in [-0.1, -0.05) is 41.9 Å². The van der Waals surface area contributed by atoms with Crippen LogP contribution in [0.2, 0.25) is 5.02 Å². The van der Waals surface area contributed by atoms with Gasteiger partial charge >= 0.3 is 17.9 Å². The van der Waals surface area contributed by atoms with Crippen LogP contribution in [-0.4, -0.2) is 45.0 Å². The molecular formula is C30H21ClN2O8S. The number of hydrogen-bond acceptors (Lipinski definition) is 6. The van der Waals surface area contributed by atoms with Crippen LogP contribution in [0.15, 0.2) is 95.9 Å². The van der Waals surface area contributed by atoms with E-state index in [9.17, 15) is 34.2 Å². The minimum absolute atomic E-state index is 0.0399. The molecule has 0 saturated carbocycles. The van der Waals surface area contributed by atoms with E-state index in [2.05, 4.69) is 10.6 Å². The molecule has 0 fully saturated rings. The third-order valence-electron chi connectivity index (χ3n) is 5.91. The highest BCUT2D eigenvalue weighted by Crippen LogP contribution is 2.37. The number of benzene rings is 4. The first kappa shape index (κ1) is 29.8. The van der Waals surface area contributed by atoms with Gasteiger partial charge in [-0.3, -0.25) is 9.59 Å². The number of nitrogens with one attached hydrogen (secondary N) is 2. The minimum Gasteiger partial charge on any atom is -0.478 e. The quantitative estimate of drug-likeness (QED) is 0.133. The Morgan fingerprint density at radius 3 is 1.90 bits per heavy atom. The topological polar surface area (TPSA) is 170 Å². The number of halogens is 1. The van der Waals surface area contributed by atoms with Crippen molar-refractivity contribution in [2.24, 2.45) is 0 Å². The molecule has 212 valence electrons. The van der Waals surface area contributed by atoms with Crippen LogP contribution in [0.25, 0.3) is 0 Å². The van der Waals surface area contributed by atoms with Crippen LogP contribution >= 0.6 is 23.4 Å². The predicted octanol–water partition coefficient (Wildman–Crippen LogP) is 6.16. The lowest BCUT2D eigenvalue weighted by Crippen LogP contribution is -2.19. The molecule has 0 bridgehead atoms. The SMILES string of the molecule is O=C(O)c1ccc(C(=O)Nc2ccc(SC(C(=O)Nc3ccc(Cl)c(C(=O)O)c3)c3ccccc3)cc2)c(C(=O)O)c1. The molecule has 4 aromatic carbocycles. The minimum atomic E-state index is -1.45. The molecule has 0 aromatic heterocycles. The number of carbonyl (C=O) groups is 5. The van der Waals surface area contributed by atoms with Crippen molar-refractivity contribution in [1.29, 1.82) is 0 Å². The van der Waals surface area contributed by atoms with Crippen LogP contribution in [0.3, 0.4) is 0 Å². The van der Waals surface area contributed by atoms with E-state index in [-0.39, 0.29) is 27.4 Å². The first-order valence-electron chi connectivity index (χ1n) is 12.1. The van der Waals surface area contributed by atoms with E-state index in [0.717, 1.165) is 18.2 Å². The largest absolute Gasteiger partial charge is 0.478 e. The molecule has 0 radical (unpaired) electrons. The highest BCUT2D eigenvalue weighted by molar-refractivity contribution is 8.00. The van der Waals surface area contributed by atoms with Crippen molar-refractivity contribution in [3.63, 3.8) is 0 Å². The normalized spacial score (nSPS) is 11.3. The standard InChI is InChI=1S/C30H21ClN2O8S/c31-24-13-9-19(15-23(24)30(40)41)33-27(35)25(16-4-2-1-3-5-16)42-20-10-7-18(8-11-20)32-26(34)21-12-6-17(28(36)37)14-22(21)29(38)39/h1-15,25H,(H,32,34)(H,33,35)(H,36,37)(H,38,39)(H,40,41). The van der Waals surface area contributed by atoms with Gasteiger partial charge in [0.15, 0.2) is 0 Å². The number of amides is 2. The molecule has 0 aliphatic rings. The first-order valence-corrected chi connectivity index (χ1v) is 13.4. The third kappa shape index (κ3) is 7.14. The highest BCUT2D eigenvalue weighted by Gasteiger charge is 2.23. The summed E-state index contributed by atoms with van der Waals surface area (Å²) < 4.78 is 0. The van der Waals surface area contributed by atoms with Gasteiger partial charge < -0.3 is 26.0 Å². The van der Waals surface area contributed by atoms with Gasteiger partial charge in [0.25, 0.3) is 5.91 Å². The van der Waals surface area contributed by atoms with Crippen molar-refractivity contribution in [3.8, 4) is 0 Å². The molecule has 4 aromatic rings. The van der Waals surface area contributed by atoms with E-state index in [1.54, 1.807) is 48.5 Å². The number of carbonyl (C=O) groups excluding carboxylic acids is 2. The molecule has 5 N–H and O–H groups in total. The zero-order chi connectivity index (χ0) is 30.4. The molecule has 0 heterocycles. The summed E-state index contributed by atoms with van der Waals surface area (Å²) in [6, 6.07) is 22.8. The Morgan fingerprint density at radius 1 is 0.643 bits per heavy atom. The molecule has 0 aliphatic carbocycles. The second-order valence-electron chi connectivity index (χ2n) is 8.75. The molecule has 2 amide bonds. The van der Waals surface area contributed by atoms with E-state index in [1.165, 1.54) is 30.0 Å². The molecule has 0 saturated heterocycles. The average Bonchev–Trinajstić information content (AvgIpc) is 2.97. The van der Waals surface area contributed by atoms with Crippen molar-refractivity contribution in [1.82, 2.24) is 0 Å². The molecule has 10 nitrogen and oxygen atoms in total. The van der Waals surface area contributed by atoms with Gasteiger partial charge in [0, 0.05) is 16.3 Å². The number of carboxylic acid groups (broad SMARTS) is 3. The van der Waals surface area contributed by atoms with Gasteiger partial charge in [0.05, 0.1) is 27.3 Å². The fourth-order valence-corrected chi connectivity index (χ4v) is 5.10. The average molecular weight is 605 g/mol. The van der Waals surface area contributed by atoms with E-state index < -0.39 is 40.5 Å². The van der Waals surface area contributed by atoms with Crippen molar-refractivity contribution >= 4 is 64.5 Å². The summed E-state index contributed by atoms with van der Waals surface area (Å²) in [5, 5.41) is 32.5. The monoisotopic (exact) mass is 604 g/mol. The summed E-state index contributed by atoms with van der Waals surface area (Å²) in [7, 11) is 0. The Morgan fingerprint density at radius 2 is 1.29 bits per heavy atom. The van der Waals surface area contributed by atoms with Gasteiger partial charge in [-0.05, 0) is 66.2 Å². The zero-order valence-electron chi connectivity index (χ0n) is 21.4. The van der Waals surface area contributed by atoms with Crippen molar-refractivity contribution in [2.45, 2.75) is 10.1 Å². The van der Waals surface area contributed by atoms with Crippen LogP contribution < -0.4 is 10.6 Å². The summed E-state index contributed by atoms with van der Waals surface area (Å²) in [5.41, 5.74) is 0.220. The maximum absolute atomic E-state index is 13.4. The smallest absolute Gasteiger partial charge is 0.337 e. The van der Waals surface area contributed by atoms with E-state index in [1.807, 2.05) is 6.07 Å². The highest BCUT2D eigenvalue weighted by atomic mass is 35.5. The summed E-state index contributed by atoms with van der Waals surface area (Å²) in [5.74, 6) is -5.15.